The van der Waals surface area contributed by atoms with Crippen molar-refractivity contribution in [2.75, 3.05) is 6.61 Å². The summed E-state index contributed by atoms with van der Waals surface area (Å²) in [5.74, 6) is -0.625. The summed E-state index contributed by atoms with van der Waals surface area (Å²) >= 11 is 0. The number of esters is 1. The Morgan fingerprint density at radius 3 is 2.67 bits per heavy atom. The molecule has 0 bridgehead atoms. The Kier molecular flexibility index (Phi) is 4.82. The lowest BCUT2D eigenvalue weighted by Crippen LogP contribution is -2.02. The third kappa shape index (κ3) is 4.15. The maximum absolute atomic E-state index is 11.2. The van der Waals surface area contributed by atoms with Crippen LogP contribution in [0.5, 0.6) is 0 Å². The number of ether oxygens (including phenoxy) is 1. The van der Waals surface area contributed by atoms with Gasteiger partial charge in [-0.05, 0) is 17.7 Å². The van der Waals surface area contributed by atoms with Crippen LogP contribution < -0.4 is 0 Å². The second-order valence-corrected chi connectivity index (χ2v) is 4.65. The van der Waals surface area contributed by atoms with Crippen LogP contribution in [0.15, 0.2) is 47.9 Å². The first kappa shape index (κ1) is 14.1. The van der Waals surface area contributed by atoms with Crippen LogP contribution >= 0.6 is 0 Å². The van der Waals surface area contributed by atoms with Gasteiger partial charge in [-0.15, -0.1) is 0 Å². The van der Waals surface area contributed by atoms with Crippen molar-refractivity contribution in [3.05, 3.63) is 48.6 Å². The standard InChI is InChI=1S/C12H12O5S/c1-2-9-17-12(13)8-7-10-5-3-4-6-11(10)18(14,15)16/h2-8H,1,9H2,(H,14,15,16)/b8-7+. The highest BCUT2D eigenvalue weighted by Crippen LogP contribution is 2.16. The van der Waals surface area contributed by atoms with Gasteiger partial charge in [-0.3, -0.25) is 4.55 Å². The fourth-order valence-corrected chi connectivity index (χ4v) is 1.88. The van der Waals surface area contributed by atoms with Gasteiger partial charge in [-0.1, -0.05) is 30.9 Å². The topological polar surface area (TPSA) is 80.7 Å². The van der Waals surface area contributed by atoms with Crippen LogP contribution in [-0.2, 0) is 19.6 Å². The average molecular weight is 268 g/mol. The predicted molar refractivity (Wildman–Crippen MR) is 66.4 cm³/mol. The SMILES string of the molecule is C=CCOC(=O)/C=C/c1ccccc1S(=O)(=O)O. The summed E-state index contributed by atoms with van der Waals surface area (Å²) in [6.07, 6.45) is 3.75. The second kappa shape index (κ2) is 6.13. The first-order valence-electron chi connectivity index (χ1n) is 4.97. The summed E-state index contributed by atoms with van der Waals surface area (Å²) in [5, 5.41) is 0. The summed E-state index contributed by atoms with van der Waals surface area (Å²) in [5.41, 5.74) is 0.204. The number of benzene rings is 1. The molecular weight excluding hydrogens is 256 g/mol. The molecule has 0 atom stereocenters. The highest BCUT2D eigenvalue weighted by atomic mass is 32.2. The van der Waals surface area contributed by atoms with E-state index in [0.717, 1.165) is 6.08 Å². The molecule has 0 radical (unpaired) electrons. The monoisotopic (exact) mass is 268 g/mol. The maximum atomic E-state index is 11.2. The van der Waals surface area contributed by atoms with Crippen LogP contribution in [0.25, 0.3) is 6.08 Å². The van der Waals surface area contributed by atoms with Gasteiger partial charge in [0.15, 0.2) is 0 Å². The summed E-state index contributed by atoms with van der Waals surface area (Å²) < 4.78 is 35.8. The molecule has 1 N–H and O–H groups in total. The molecule has 0 saturated carbocycles. The molecule has 0 heterocycles. The number of hydrogen-bond donors (Lipinski definition) is 1. The Labute approximate surface area is 105 Å². The van der Waals surface area contributed by atoms with Gasteiger partial charge >= 0.3 is 5.97 Å². The van der Waals surface area contributed by atoms with E-state index in [-0.39, 0.29) is 17.1 Å². The molecule has 0 spiro atoms. The molecule has 1 aromatic carbocycles. The molecule has 0 fully saturated rings. The van der Waals surface area contributed by atoms with E-state index >= 15 is 0 Å². The first-order valence-corrected chi connectivity index (χ1v) is 6.41. The van der Waals surface area contributed by atoms with E-state index in [0.29, 0.717) is 0 Å². The lowest BCUT2D eigenvalue weighted by molar-refractivity contribution is -0.136. The summed E-state index contributed by atoms with van der Waals surface area (Å²) in [7, 11) is -4.32. The van der Waals surface area contributed by atoms with Crippen molar-refractivity contribution < 1.29 is 22.5 Å². The van der Waals surface area contributed by atoms with Crippen LogP contribution in [0.1, 0.15) is 5.56 Å². The summed E-state index contributed by atoms with van der Waals surface area (Å²) in [6, 6.07) is 5.75. The fourth-order valence-electron chi connectivity index (χ4n) is 1.20. The van der Waals surface area contributed by atoms with Crippen molar-refractivity contribution in [2.45, 2.75) is 4.90 Å². The third-order valence-electron chi connectivity index (χ3n) is 1.94. The second-order valence-electron chi connectivity index (χ2n) is 3.26. The minimum Gasteiger partial charge on any atom is -0.458 e. The van der Waals surface area contributed by atoms with E-state index in [1.807, 2.05) is 0 Å². The Balaban J connectivity index is 2.95. The quantitative estimate of drug-likeness (QED) is 0.380. The zero-order chi connectivity index (χ0) is 13.6. The normalized spacial score (nSPS) is 11.4. The number of carbonyl (C=O) groups is 1. The number of hydrogen-bond acceptors (Lipinski definition) is 4. The molecule has 6 heteroatoms. The van der Waals surface area contributed by atoms with Gasteiger partial charge in [-0.25, -0.2) is 4.79 Å². The van der Waals surface area contributed by atoms with E-state index in [9.17, 15) is 13.2 Å². The van der Waals surface area contributed by atoms with Gasteiger partial charge in [-0.2, -0.15) is 8.42 Å². The minimum atomic E-state index is -4.32. The molecular formula is C12H12O5S. The van der Waals surface area contributed by atoms with E-state index in [2.05, 4.69) is 11.3 Å². The van der Waals surface area contributed by atoms with Crippen molar-refractivity contribution in [1.82, 2.24) is 0 Å². The number of carbonyl (C=O) groups excluding carboxylic acids is 1. The lowest BCUT2D eigenvalue weighted by atomic mass is 10.2. The van der Waals surface area contributed by atoms with Gasteiger partial charge in [0.05, 0.1) is 0 Å². The molecule has 0 unspecified atom stereocenters. The molecule has 18 heavy (non-hydrogen) atoms. The molecule has 1 rings (SSSR count). The van der Waals surface area contributed by atoms with Crippen molar-refractivity contribution in [1.29, 1.82) is 0 Å². The largest absolute Gasteiger partial charge is 0.458 e. The molecule has 0 aliphatic heterocycles. The van der Waals surface area contributed by atoms with Gasteiger partial charge in [0.2, 0.25) is 0 Å². The van der Waals surface area contributed by atoms with Crippen molar-refractivity contribution >= 4 is 22.2 Å². The van der Waals surface area contributed by atoms with Crippen LogP contribution in [0.3, 0.4) is 0 Å². The Hall–Kier alpha value is -1.92. The molecule has 0 saturated heterocycles. The third-order valence-corrected chi connectivity index (χ3v) is 2.87. The van der Waals surface area contributed by atoms with Crippen molar-refractivity contribution in [3.63, 3.8) is 0 Å². The molecule has 0 aromatic heterocycles. The molecule has 0 aliphatic rings. The number of rotatable bonds is 5. The minimum absolute atomic E-state index is 0.0725. The average Bonchev–Trinajstić information content (AvgIpc) is 2.33. The Bertz CT molecular complexity index is 572. The zero-order valence-corrected chi connectivity index (χ0v) is 10.3. The zero-order valence-electron chi connectivity index (χ0n) is 9.44. The Morgan fingerprint density at radius 2 is 2.06 bits per heavy atom. The maximum Gasteiger partial charge on any atom is 0.331 e. The van der Waals surface area contributed by atoms with Gasteiger partial charge in [0.25, 0.3) is 10.1 Å². The molecule has 0 aliphatic carbocycles. The van der Waals surface area contributed by atoms with Crippen molar-refractivity contribution in [2.24, 2.45) is 0 Å². The van der Waals surface area contributed by atoms with Crippen LogP contribution in [0, 0.1) is 0 Å². The van der Waals surface area contributed by atoms with E-state index < -0.39 is 16.1 Å². The van der Waals surface area contributed by atoms with Gasteiger partial charge < -0.3 is 4.74 Å². The smallest absolute Gasteiger partial charge is 0.331 e. The van der Waals surface area contributed by atoms with E-state index in [1.54, 1.807) is 6.07 Å². The summed E-state index contributed by atoms with van der Waals surface area (Å²) in [6.45, 7) is 3.46. The van der Waals surface area contributed by atoms with Crippen LogP contribution in [0.2, 0.25) is 0 Å². The predicted octanol–water partition coefficient (Wildman–Crippen LogP) is 1.68. The highest BCUT2D eigenvalue weighted by molar-refractivity contribution is 7.85. The summed E-state index contributed by atoms with van der Waals surface area (Å²) in [4.78, 5) is 10.9. The van der Waals surface area contributed by atoms with E-state index in [4.69, 9.17) is 4.55 Å². The van der Waals surface area contributed by atoms with Gasteiger partial charge in [0.1, 0.15) is 11.5 Å². The molecule has 96 valence electrons. The molecule has 1 aromatic rings. The Morgan fingerprint density at radius 1 is 1.39 bits per heavy atom. The first-order chi connectivity index (χ1) is 8.45. The van der Waals surface area contributed by atoms with E-state index in [1.165, 1.54) is 30.4 Å². The van der Waals surface area contributed by atoms with Crippen molar-refractivity contribution in [3.8, 4) is 0 Å². The van der Waals surface area contributed by atoms with Crippen LogP contribution in [-0.4, -0.2) is 25.5 Å². The van der Waals surface area contributed by atoms with Gasteiger partial charge in [0, 0.05) is 6.08 Å². The fraction of sp³-hybridized carbons (Fsp3) is 0.0833. The molecule has 0 amide bonds. The molecule has 5 nitrogen and oxygen atoms in total. The lowest BCUT2D eigenvalue weighted by Gasteiger charge is -2.01. The van der Waals surface area contributed by atoms with Crippen LogP contribution in [0.4, 0.5) is 0 Å². The highest BCUT2D eigenvalue weighted by Gasteiger charge is 2.12.